The highest BCUT2D eigenvalue weighted by Gasteiger charge is 2.33. The Kier molecular flexibility index (Phi) is 7.38. The zero-order valence-electron chi connectivity index (χ0n) is 14.1. The van der Waals surface area contributed by atoms with Crippen LogP contribution in [0.5, 0.6) is 0 Å². The largest absolute Gasteiger partial charge is 0.311 e. The summed E-state index contributed by atoms with van der Waals surface area (Å²) in [5, 5.41) is 3.79. The van der Waals surface area contributed by atoms with E-state index >= 15 is 0 Å². The Bertz CT molecular complexity index is 237. The van der Waals surface area contributed by atoms with E-state index in [0.29, 0.717) is 6.04 Å². The molecule has 1 fully saturated rings. The predicted molar refractivity (Wildman–Crippen MR) is 85.6 cm³/mol. The number of hydrogen-bond donors (Lipinski definition) is 1. The average molecular weight is 268 g/mol. The van der Waals surface area contributed by atoms with Crippen LogP contribution >= 0.6 is 0 Å². The molecule has 0 radical (unpaired) electrons. The highest BCUT2D eigenvalue weighted by atomic mass is 15.3. The van der Waals surface area contributed by atoms with Gasteiger partial charge in [0.1, 0.15) is 0 Å². The van der Waals surface area contributed by atoms with Crippen molar-refractivity contribution in [1.29, 1.82) is 0 Å². The minimum atomic E-state index is 0.695. The van der Waals surface area contributed by atoms with Gasteiger partial charge in [-0.15, -0.1) is 0 Å². The maximum Gasteiger partial charge on any atom is 0.0247 e. The average Bonchev–Trinajstić information content (AvgIpc) is 2.34. The van der Waals surface area contributed by atoms with Crippen LogP contribution in [0.1, 0.15) is 67.2 Å². The first kappa shape index (κ1) is 17.0. The monoisotopic (exact) mass is 268 g/mol. The molecule has 0 aliphatic carbocycles. The fourth-order valence-corrected chi connectivity index (χ4v) is 3.56. The molecule has 1 rings (SSSR count). The van der Waals surface area contributed by atoms with E-state index in [4.69, 9.17) is 0 Å². The summed E-state index contributed by atoms with van der Waals surface area (Å²) in [5.74, 6) is 1.54. The van der Waals surface area contributed by atoms with Crippen molar-refractivity contribution < 1.29 is 0 Å². The van der Waals surface area contributed by atoms with Gasteiger partial charge >= 0.3 is 0 Å². The Morgan fingerprint density at radius 2 is 1.84 bits per heavy atom. The Labute approximate surface area is 121 Å². The topological polar surface area (TPSA) is 15.3 Å². The molecule has 1 N–H and O–H groups in total. The maximum atomic E-state index is 3.79. The molecular formula is C17H36N2. The quantitative estimate of drug-likeness (QED) is 0.753. The Hall–Kier alpha value is -0.0800. The van der Waals surface area contributed by atoms with Crippen molar-refractivity contribution in [2.24, 2.45) is 11.8 Å². The third kappa shape index (κ3) is 5.07. The summed E-state index contributed by atoms with van der Waals surface area (Å²) in [5.41, 5.74) is 0. The van der Waals surface area contributed by atoms with Gasteiger partial charge in [0, 0.05) is 31.2 Å². The maximum absolute atomic E-state index is 3.79. The lowest BCUT2D eigenvalue weighted by atomic mass is 9.92. The lowest BCUT2D eigenvalue weighted by Crippen LogP contribution is -2.61. The van der Waals surface area contributed by atoms with Gasteiger partial charge in [-0.05, 0) is 31.1 Å². The standard InChI is InChI=1S/C17H36N2/c1-7-9-16(8-2)19-12-15(10-13(3)4)18-11-17(19)14(5)6/h13-18H,7-12H2,1-6H3. The van der Waals surface area contributed by atoms with Crippen LogP contribution in [0.25, 0.3) is 0 Å². The molecule has 0 bridgehead atoms. The van der Waals surface area contributed by atoms with Gasteiger partial charge in [0.05, 0.1) is 0 Å². The van der Waals surface area contributed by atoms with E-state index in [1.54, 1.807) is 0 Å². The zero-order valence-corrected chi connectivity index (χ0v) is 14.1. The lowest BCUT2D eigenvalue weighted by Gasteiger charge is -2.47. The molecule has 1 saturated heterocycles. The van der Waals surface area contributed by atoms with Crippen LogP contribution in [0, 0.1) is 11.8 Å². The number of rotatable bonds is 7. The highest BCUT2D eigenvalue weighted by molar-refractivity contribution is 4.91. The second kappa shape index (κ2) is 8.26. The Balaban J connectivity index is 2.71. The van der Waals surface area contributed by atoms with Gasteiger partial charge < -0.3 is 5.32 Å². The van der Waals surface area contributed by atoms with Crippen LogP contribution in [0.15, 0.2) is 0 Å². The van der Waals surface area contributed by atoms with E-state index in [0.717, 1.165) is 23.9 Å². The fourth-order valence-electron chi connectivity index (χ4n) is 3.56. The van der Waals surface area contributed by atoms with Crippen molar-refractivity contribution in [3.63, 3.8) is 0 Å². The van der Waals surface area contributed by atoms with Crippen molar-refractivity contribution in [2.75, 3.05) is 13.1 Å². The van der Waals surface area contributed by atoms with Gasteiger partial charge in [-0.25, -0.2) is 0 Å². The first-order valence-electron chi connectivity index (χ1n) is 8.48. The number of nitrogens with zero attached hydrogens (tertiary/aromatic N) is 1. The molecule has 0 saturated carbocycles. The highest BCUT2D eigenvalue weighted by Crippen LogP contribution is 2.24. The van der Waals surface area contributed by atoms with Crippen molar-refractivity contribution >= 4 is 0 Å². The zero-order chi connectivity index (χ0) is 14.4. The van der Waals surface area contributed by atoms with E-state index in [9.17, 15) is 0 Å². The van der Waals surface area contributed by atoms with Gasteiger partial charge in [-0.3, -0.25) is 4.90 Å². The van der Waals surface area contributed by atoms with Crippen molar-refractivity contribution in [3.05, 3.63) is 0 Å². The summed E-state index contributed by atoms with van der Waals surface area (Å²) in [7, 11) is 0. The molecule has 2 nitrogen and oxygen atoms in total. The summed E-state index contributed by atoms with van der Waals surface area (Å²) in [6.07, 6.45) is 5.27. The van der Waals surface area contributed by atoms with Crippen LogP contribution in [0.3, 0.4) is 0 Å². The summed E-state index contributed by atoms with van der Waals surface area (Å²) in [6, 6.07) is 2.20. The first-order valence-corrected chi connectivity index (χ1v) is 8.48. The van der Waals surface area contributed by atoms with E-state index < -0.39 is 0 Å². The molecule has 1 heterocycles. The third-order valence-corrected chi connectivity index (χ3v) is 4.56. The summed E-state index contributed by atoms with van der Waals surface area (Å²) < 4.78 is 0. The summed E-state index contributed by atoms with van der Waals surface area (Å²) >= 11 is 0. The van der Waals surface area contributed by atoms with Gasteiger partial charge in [-0.1, -0.05) is 48.0 Å². The van der Waals surface area contributed by atoms with Crippen molar-refractivity contribution in [1.82, 2.24) is 10.2 Å². The van der Waals surface area contributed by atoms with Crippen molar-refractivity contribution in [3.8, 4) is 0 Å². The summed E-state index contributed by atoms with van der Waals surface area (Å²) in [6.45, 7) is 16.5. The molecule has 1 aliphatic heterocycles. The van der Waals surface area contributed by atoms with Crippen molar-refractivity contribution in [2.45, 2.75) is 85.4 Å². The smallest absolute Gasteiger partial charge is 0.0247 e. The Morgan fingerprint density at radius 1 is 1.16 bits per heavy atom. The third-order valence-electron chi connectivity index (χ3n) is 4.56. The molecule has 114 valence electrons. The second-order valence-corrected chi connectivity index (χ2v) is 7.09. The second-order valence-electron chi connectivity index (χ2n) is 7.09. The molecule has 2 heteroatoms. The molecule has 0 amide bonds. The molecule has 0 aromatic carbocycles. The first-order chi connectivity index (χ1) is 8.99. The van der Waals surface area contributed by atoms with E-state index in [2.05, 4.69) is 51.8 Å². The minimum Gasteiger partial charge on any atom is -0.311 e. The predicted octanol–water partition coefficient (Wildman–Crippen LogP) is 3.91. The molecule has 0 spiro atoms. The van der Waals surface area contributed by atoms with Gasteiger partial charge in [0.25, 0.3) is 0 Å². The van der Waals surface area contributed by atoms with Crippen LogP contribution < -0.4 is 5.32 Å². The van der Waals surface area contributed by atoms with Crippen LogP contribution in [0.2, 0.25) is 0 Å². The number of nitrogens with one attached hydrogen (secondary N) is 1. The number of piperazine rings is 1. The normalized spacial score (nSPS) is 27.2. The van der Waals surface area contributed by atoms with Gasteiger partial charge in [0.15, 0.2) is 0 Å². The SMILES string of the molecule is CCCC(CC)N1CC(CC(C)C)NCC1C(C)C. The molecule has 3 unspecified atom stereocenters. The van der Waals surface area contributed by atoms with E-state index in [1.165, 1.54) is 38.8 Å². The van der Waals surface area contributed by atoms with Gasteiger partial charge in [0.2, 0.25) is 0 Å². The molecule has 1 aliphatic rings. The molecule has 0 aromatic rings. The van der Waals surface area contributed by atoms with E-state index in [1.807, 2.05) is 0 Å². The van der Waals surface area contributed by atoms with Crippen LogP contribution in [-0.4, -0.2) is 36.1 Å². The molecule has 0 aromatic heterocycles. The van der Waals surface area contributed by atoms with Crippen LogP contribution in [0.4, 0.5) is 0 Å². The molecule has 3 atom stereocenters. The minimum absolute atomic E-state index is 0.695. The molecule has 19 heavy (non-hydrogen) atoms. The van der Waals surface area contributed by atoms with E-state index in [-0.39, 0.29) is 0 Å². The number of hydrogen-bond acceptors (Lipinski definition) is 2. The fraction of sp³-hybridized carbons (Fsp3) is 1.00. The summed E-state index contributed by atoms with van der Waals surface area (Å²) in [4.78, 5) is 2.83. The van der Waals surface area contributed by atoms with Crippen LogP contribution in [-0.2, 0) is 0 Å². The Morgan fingerprint density at radius 3 is 2.32 bits per heavy atom. The van der Waals surface area contributed by atoms with Gasteiger partial charge in [-0.2, -0.15) is 0 Å². The lowest BCUT2D eigenvalue weighted by molar-refractivity contribution is 0.0452. The molecular weight excluding hydrogens is 232 g/mol.